The number of nitrogens with zero attached hydrogens (tertiary/aromatic N) is 3. The summed E-state index contributed by atoms with van der Waals surface area (Å²) in [5.41, 5.74) is 1.56. The van der Waals surface area contributed by atoms with Crippen molar-refractivity contribution < 1.29 is 4.79 Å². The van der Waals surface area contributed by atoms with Gasteiger partial charge in [0.1, 0.15) is 6.33 Å². The highest BCUT2D eigenvalue weighted by molar-refractivity contribution is 7.09. The average molecular weight is 193 g/mol. The third-order valence-corrected chi connectivity index (χ3v) is 2.55. The molecule has 0 aromatic carbocycles. The smallest absolute Gasteiger partial charge is 0.166 e. The van der Waals surface area contributed by atoms with Crippen LogP contribution in [0, 0.1) is 0 Å². The SMILES string of the molecule is Cn1c(C=O)ccc1-c1ncns1. The summed E-state index contributed by atoms with van der Waals surface area (Å²) in [7, 11) is 1.83. The molecule has 0 atom stereocenters. The topological polar surface area (TPSA) is 47.8 Å². The fourth-order valence-electron chi connectivity index (χ4n) is 1.15. The minimum atomic E-state index is 0.644. The summed E-state index contributed by atoms with van der Waals surface area (Å²) in [4.78, 5) is 14.6. The van der Waals surface area contributed by atoms with Crippen LogP contribution in [0.1, 0.15) is 10.5 Å². The second kappa shape index (κ2) is 3.10. The van der Waals surface area contributed by atoms with E-state index in [0.29, 0.717) is 5.69 Å². The molecule has 0 spiro atoms. The zero-order valence-electron chi connectivity index (χ0n) is 6.97. The first kappa shape index (κ1) is 8.12. The average Bonchev–Trinajstić information content (AvgIpc) is 2.72. The molecule has 0 saturated carbocycles. The van der Waals surface area contributed by atoms with Crippen molar-refractivity contribution >= 4 is 17.8 Å². The van der Waals surface area contributed by atoms with Gasteiger partial charge < -0.3 is 4.57 Å². The molecule has 0 N–H and O–H groups in total. The van der Waals surface area contributed by atoms with Gasteiger partial charge in [-0.3, -0.25) is 4.79 Å². The Morgan fingerprint density at radius 3 is 2.92 bits per heavy atom. The summed E-state index contributed by atoms with van der Waals surface area (Å²) < 4.78 is 5.70. The first-order valence-electron chi connectivity index (χ1n) is 3.71. The Balaban J connectivity index is 2.53. The lowest BCUT2D eigenvalue weighted by molar-refractivity contribution is 0.111. The van der Waals surface area contributed by atoms with Crippen LogP contribution in [0.5, 0.6) is 0 Å². The second-order valence-corrected chi connectivity index (χ2v) is 3.35. The van der Waals surface area contributed by atoms with Crippen molar-refractivity contribution in [3.63, 3.8) is 0 Å². The van der Waals surface area contributed by atoms with Gasteiger partial charge in [0.25, 0.3) is 0 Å². The fraction of sp³-hybridized carbons (Fsp3) is 0.125. The Kier molecular flexibility index (Phi) is 1.94. The molecule has 4 nitrogen and oxygen atoms in total. The highest BCUT2D eigenvalue weighted by Crippen LogP contribution is 2.21. The normalized spacial score (nSPS) is 10.2. The Labute approximate surface area is 79.0 Å². The summed E-state index contributed by atoms with van der Waals surface area (Å²) >= 11 is 1.32. The maximum Gasteiger partial charge on any atom is 0.166 e. The molecule has 2 aromatic heterocycles. The van der Waals surface area contributed by atoms with Crippen LogP contribution in [0.2, 0.25) is 0 Å². The van der Waals surface area contributed by atoms with Crippen LogP contribution in [0.25, 0.3) is 10.7 Å². The predicted octanol–water partition coefficient (Wildman–Crippen LogP) is 1.36. The van der Waals surface area contributed by atoms with Crippen molar-refractivity contribution in [2.75, 3.05) is 0 Å². The zero-order chi connectivity index (χ0) is 9.26. The van der Waals surface area contributed by atoms with E-state index in [1.165, 1.54) is 17.9 Å². The Morgan fingerprint density at radius 1 is 1.54 bits per heavy atom. The Morgan fingerprint density at radius 2 is 2.38 bits per heavy atom. The largest absolute Gasteiger partial charge is 0.339 e. The summed E-state index contributed by atoms with van der Waals surface area (Å²) in [6.45, 7) is 0. The van der Waals surface area contributed by atoms with E-state index >= 15 is 0 Å². The van der Waals surface area contributed by atoms with E-state index in [2.05, 4.69) is 9.36 Å². The quantitative estimate of drug-likeness (QED) is 0.676. The van der Waals surface area contributed by atoms with E-state index < -0.39 is 0 Å². The van der Waals surface area contributed by atoms with Gasteiger partial charge in [-0.2, -0.15) is 4.37 Å². The fourth-order valence-corrected chi connectivity index (χ4v) is 1.73. The molecule has 66 valence electrons. The van der Waals surface area contributed by atoms with Crippen molar-refractivity contribution in [2.24, 2.45) is 7.05 Å². The van der Waals surface area contributed by atoms with Crippen LogP contribution >= 0.6 is 11.5 Å². The van der Waals surface area contributed by atoms with Crippen molar-refractivity contribution in [1.29, 1.82) is 0 Å². The molecule has 0 radical (unpaired) electrons. The number of carbonyl (C=O) groups excluding carboxylic acids is 1. The molecule has 5 heteroatoms. The van der Waals surface area contributed by atoms with Gasteiger partial charge in [0.15, 0.2) is 11.3 Å². The molecule has 0 bridgehead atoms. The van der Waals surface area contributed by atoms with Crippen LogP contribution < -0.4 is 0 Å². The molecule has 2 heterocycles. The third-order valence-electron chi connectivity index (χ3n) is 1.86. The Hall–Kier alpha value is -1.49. The minimum Gasteiger partial charge on any atom is -0.339 e. The van der Waals surface area contributed by atoms with Crippen LogP contribution in [0.4, 0.5) is 0 Å². The van der Waals surface area contributed by atoms with Crippen LogP contribution in [-0.4, -0.2) is 20.2 Å². The zero-order valence-corrected chi connectivity index (χ0v) is 7.78. The van der Waals surface area contributed by atoms with E-state index in [1.54, 1.807) is 10.6 Å². The molecule has 2 aromatic rings. The molecule has 0 aliphatic rings. The van der Waals surface area contributed by atoms with E-state index in [4.69, 9.17) is 0 Å². The maximum absolute atomic E-state index is 10.6. The minimum absolute atomic E-state index is 0.644. The van der Waals surface area contributed by atoms with Crippen LogP contribution in [0.15, 0.2) is 18.5 Å². The van der Waals surface area contributed by atoms with Gasteiger partial charge in [0, 0.05) is 7.05 Å². The number of hydrogen-bond acceptors (Lipinski definition) is 4. The van der Waals surface area contributed by atoms with Gasteiger partial charge in [-0.1, -0.05) is 0 Å². The van der Waals surface area contributed by atoms with Crippen molar-refractivity contribution in [3.8, 4) is 10.7 Å². The first-order chi connectivity index (χ1) is 6.33. The van der Waals surface area contributed by atoms with Crippen molar-refractivity contribution in [3.05, 3.63) is 24.2 Å². The third kappa shape index (κ3) is 1.27. The number of aromatic nitrogens is 3. The Bertz CT molecular complexity index is 419. The number of carbonyl (C=O) groups is 1. The van der Waals surface area contributed by atoms with E-state index in [-0.39, 0.29) is 0 Å². The summed E-state index contributed by atoms with van der Waals surface area (Å²) in [6.07, 6.45) is 2.33. The highest BCUT2D eigenvalue weighted by Gasteiger charge is 2.07. The standard InChI is InChI=1S/C8H7N3OS/c1-11-6(4-12)2-3-7(11)8-9-5-10-13-8/h2-5H,1H3. The number of aldehydes is 1. The predicted molar refractivity (Wildman–Crippen MR) is 49.7 cm³/mol. The number of rotatable bonds is 2. The van der Waals surface area contributed by atoms with Gasteiger partial charge >= 0.3 is 0 Å². The lowest BCUT2D eigenvalue weighted by atomic mass is 10.4. The molecule has 0 saturated heterocycles. The first-order valence-corrected chi connectivity index (χ1v) is 4.48. The van der Waals surface area contributed by atoms with Crippen molar-refractivity contribution in [2.45, 2.75) is 0 Å². The van der Waals surface area contributed by atoms with E-state index in [9.17, 15) is 4.79 Å². The lowest BCUT2D eigenvalue weighted by Crippen LogP contribution is -1.95. The molecule has 0 aliphatic heterocycles. The molecule has 0 fully saturated rings. The summed E-state index contributed by atoms with van der Waals surface area (Å²) in [5, 5.41) is 0.829. The van der Waals surface area contributed by atoms with Gasteiger partial charge in [-0.25, -0.2) is 4.98 Å². The monoisotopic (exact) mass is 193 g/mol. The van der Waals surface area contributed by atoms with E-state index in [1.807, 2.05) is 13.1 Å². The summed E-state index contributed by atoms with van der Waals surface area (Å²) in [6, 6.07) is 3.63. The second-order valence-electron chi connectivity index (χ2n) is 2.57. The summed E-state index contributed by atoms with van der Waals surface area (Å²) in [5.74, 6) is 0. The molecular weight excluding hydrogens is 186 g/mol. The van der Waals surface area contributed by atoms with Crippen molar-refractivity contribution in [1.82, 2.24) is 13.9 Å². The van der Waals surface area contributed by atoms with Gasteiger partial charge in [-0.15, -0.1) is 0 Å². The van der Waals surface area contributed by atoms with Crippen LogP contribution in [0.3, 0.4) is 0 Å². The maximum atomic E-state index is 10.6. The van der Waals surface area contributed by atoms with Gasteiger partial charge in [-0.05, 0) is 23.7 Å². The molecular formula is C8H7N3OS. The molecule has 0 unspecified atom stereocenters. The molecule has 2 rings (SSSR count). The highest BCUT2D eigenvalue weighted by atomic mass is 32.1. The van der Waals surface area contributed by atoms with Crippen LogP contribution in [-0.2, 0) is 7.05 Å². The number of hydrogen-bond donors (Lipinski definition) is 0. The lowest BCUT2D eigenvalue weighted by Gasteiger charge is -1.98. The molecule has 0 amide bonds. The van der Waals surface area contributed by atoms with Gasteiger partial charge in [0.05, 0.1) is 11.4 Å². The molecule has 13 heavy (non-hydrogen) atoms. The van der Waals surface area contributed by atoms with Gasteiger partial charge in [0.2, 0.25) is 0 Å². The van der Waals surface area contributed by atoms with E-state index in [0.717, 1.165) is 17.0 Å². The molecule has 0 aliphatic carbocycles.